The van der Waals surface area contributed by atoms with Gasteiger partial charge < -0.3 is 9.47 Å². The van der Waals surface area contributed by atoms with Crippen LogP contribution in [-0.4, -0.2) is 12.9 Å². The molecule has 146 valence electrons. The van der Waals surface area contributed by atoms with Gasteiger partial charge in [-0.1, -0.05) is 52.0 Å². The third kappa shape index (κ3) is 4.44. The van der Waals surface area contributed by atoms with Gasteiger partial charge in [-0.15, -0.1) is 0 Å². The van der Waals surface area contributed by atoms with E-state index in [2.05, 4.69) is 31.9 Å². The lowest BCUT2D eigenvalue weighted by Gasteiger charge is -2.14. The molecule has 0 saturated carbocycles. The molecule has 1 aliphatic heterocycles. The predicted octanol–water partition coefficient (Wildman–Crippen LogP) is 7.13. The molecule has 0 bridgehead atoms. The minimum absolute atomic E-state index is 0.0521. The molecule has 3 nitrogen and oxygen atoms in total. The van der Waals surface area contributed by atoms with Gasteiger partial charge in [0.05, 0.1) is 16.5 Å². The van der Waals surface area contributed by atoms with Crippen LogP contribution in [0.2, 0.25) is 0 Å². The SMILES string of the molecule is COc1cc(/C=C2\Sc3ccccc3C2=O)cc(Br)c1OCc1ccc(Br)cc1. The fourth-order valence-electron chi connectivity index (χ4n) is 2.99. The van der Waals surface area contributed by atoms with Gasteiger partial charge in [0.2, 0.25) is 5.78 Å². The van der Waals surface area contributed by atoms with Crippen molar-refractivity contribution >= 4 is 55.5 Å². The first-order chi connectivity index (χ1) is 14.0. The maximum atomic E-state index is 12.6. The number of methoxy groups -OCH3 is 1. The molecule has 3 aromatic carbocycles. The molecule has 0 amide bonds. The number of rotatable bonds is 5. The van der Waals surface area contributed by atoms with Crippen molar-refractivity contribution in [2.75, 3.05) is 7.11 Å². The zero-order chi connectivity index (χ0) is 20.4. The van der Waals surface area contributed by atoms with Gasteiger partial charge in [-0.2, -0.15) is 0 Å². The lowest BCUT2D eigenvalue weighted by atomic mass is 10.1. The van der Waals surface area contributed by atoms with Crippen molar-refractivity contribution in [2.24, 2.45) is 0 Å². The Balaban J connectivity index is 1.58. The van der Waals surface area contributed by atoms with Gasteiger partial charge in [0, 0.05) is 14.9 Å². The van der Waals surface area contributed by atoms with E-state index in [9.17, 15) is 4.79 Å². The lowest BCUT2D eigenvalue weighted by molar-refractivity contribution is 0.104. The molecular formula is C23H16Br2O3S. The molecule has 0 radical (unpaired) electrons. The Bertz CT molecular complexity index is 1110. The molecule has 0 aromatic heterocycles. The molecule has 0 spiro atoms. The quantitative estimate of drug-likeness (QED) is 0.328. The molecule has 0 unspecified atom stereocenters. The number of fused-ring (bicyclic) bond motifs is 1. The van der Waals surface area contributed by atoms with Gasteiger partial charge in [0.15, 0.2) is 11.5 Å². The second-order valence-electron chi connectivity index (χ2n) is 6.39. The van der Waals surface area contributed by atoms with Crippen LogP contribution in [0.5, 0.6) is 11.5 Å². The number of hydrogen-bond donors (Lipinski definition) is 0. The monoisotopic (exact) mass is 530 g/mol. The van der Waals surface area contributed by atoms with Crippen molar-refractivity contribution in [1.29, 1.82) is 0 Å². The van der Waals surface area contributed by atoms with E-state index < -0.39 is 0 Å². The van der Waals surface area contributed by atoms with Crippen molar-refractivity contribution in [3.05, 3.63) is 91.2 Å². The molecule has 0 atom stereocenters. The van der Waals surface area contributed by atoms with Gasteiger partial charge in [0.1, 0.15) is 6.61 Å². The summed E-state index contributed by atoms with van der Waals surface area (Å²) >= 11 is 8.51. The van der Waals surface area contributed by atoms with Crippen LogP contribution < -0.4 is 9.47 Å². The van der Waals surface area contributed by atoms with Gasteiger partial charge in [-0.3, -0.25) is 4.79 Å². The molecule has 29 heavy (non-hydrogen) atoms. The highest BCUT2D eigenvalue weighted by Crippen LogP contribution is 2.42. The number of carbonyl (C=O) groups excluding carboxylic acids is 1. The Kier molecular flexibility index (Phi) is 6.13. The molecular weight excluding hydrogens is 516 g/mol. The molecule has 1 aliphatic rings. The maximum absolute atomic E-state index is 12.6. The van der Waals surface area contributed by atoms with Crippen LogP contribution in [-0.2, 0) is 6.61 Å². The van der Waals surface area contributed by atoms with Gasteiger partial charge >= 0.3 is 0 Å². The molecule has 0 N–H and O–H groups in total. The summed E-state index contributed by atoms with van der Waals surface area (Å²) in [6, 6.07) is 19.4. The van der Waals surface area contributed by atoms with Crippen molar-refractivity contribution in [2.45, 2.75) is 11.5 Å². The average molecular weight is 532 g/mol. The maximum Gasteiger partial charge on any atom is 0.200 e. The second-order valence-corrected chi connectivity index (χ2v) is 9.24. The minimum Gasteiger partial charge on any atom is -0.493 e. The van der Waals surface area contributed by atoms with Crippen LogP contribution in [0, 0.1) is 0 Å². The predicted molar refractivity (Wildman–Crippen MR) is 124 cm³/mol. The fraction of sp³-hybridized carbons (Fsp3) is 0.0870. The Morgan fingerprint density at radius 3 is 2.52 bits per heavy atom. The largest absolute Gasteiger partial charge is 0.493 e. The van der Waals surface area contributed by atoms with Crippen LogP contribution in [0.3, 0.4) is 0 Å². The number of hydrogen-bond acceptors (Lipinski definition) is 4. The third-order valence-electron chi connectivity index (χ3n) is 4.42. The summed E-state index contributed by atoms with van der Waals surface area (Å²) in [5, 5.41) is 0. The summed E-state index contributed by atoms with van der Waals surface area (Å²) in [6.45, 7) is 0.423. The van der Waals surface area contributed by atoms with E-state index in [-0.39, 0.29) is 5.78 Å². The normalized spacial score (nSPS) is 14.2. The summed E-state index contributed by atoms with van der Waals surface area (Å²) in [5.74, 6) is 1.29. The van der Waals surface area contributed by atoms with Gasteiger partial charge in [0.25, 0.3) is 0 Å². The average Bonchev–Trinajstić information content (AvgIpc) is 3.04. The summed E-state index contributed by atoms with van der Waals surface area (Å²) in [5.41, 5.74) is 2.68. The summed E-state index contributed by atoms with van der Waals surface area (Å²) < 4.78 is 13.3. The molecule has 3 aromatic rings. The third-order valence-corrected chi connectivity index (χ3v) is 6.64. The van der Waals surface area contributed by atoms with Crippen LogP contribution >= 0.6 is 43.6 Å². The van der Waals surface area contributed by atoms with E-state index >= 15 is 0 Å². The highest BCUT2D eigenvalue weighted by Gasteiger charge is 2.25. The highest BCUT2D eigenvalue weighted by molar-refractivity contribution is 9.10. The highest BCUT2D eigenvalue weighted by atomic mass is 79.9. The first kappa shape index (κ1) is 20.3. The Hall–Kier alpha value is -2.02. The van der Waals surface area contributed by atoms with Crippen LogP contribution in [0.15, 0.2) is 79.4 Å². The number of thioether (sulfide) groups is 1. The molecule has 6 heteroatoms. The first-order valence-electron chi connectivity index (χ1n) is 8.83. The Morgan fingerprint density at radius 2 is 1.79 bits per heavy atom. The number of Topliss-reactive ketones (excluding diaryl/α,β-unsaturated/α-hetero) is 1. The van der Waals surface area contributed by atoms with Gasteiger partial charge in [-0.25, -0.2) is 0 Å². The Labute approximate surface area is 190 Å². The minimum atomic E-state index is 0.0521. The number of benzene rings is 3. The fourth-order valence-corrected chi connectivity index (χ4v) is 4.88. The molecule has 0 fully saturated rings. The number of halogens is 2. The van der Waals surface area contributed by atoms with Gasteiger partial charge in [-0.05, 0) is 69.5 Å². The summed E-state index contributed by atoms with van der Waals surface area (Å²) in [6.07, 6.45) is 1.89. The van der Waals surface area contributed by atoms with Crippen LogP contribution in [0.1, 0.15) is 21.5 Å². The van der Waals surface area contributed by atoms with Crippen molar-refractivity contribution in [3.63, 3.8) is 0 Å². The van der Waals surface area contributed by atoms with Crippen molar-refractivity contribution < 1.29 is 14.3 Å². The number of ether oxygens (including phenoxy) is 2. The smallest absolute Gasteiger partial charge is 0.200 e. The standard InChI is InChI=1S/C23H16Br2O3S/c1-27-19-11-15(12-21-22(26)17-4-2-3-5-20(17)29-21)10-18(25)23(19)28-13-14-6-8-16(24)9-7-14/h2-12H,13H2,1H3/b21-12-. The van der Waals surface area contributed by atoms with Crippen molar-refractivity contribution in [3.8, 4) is 11.5 Å². The molecule has 0 aliphatic carbocycles. The van der Waals surface area contributed by atoms with Crippen LogP contribution in [0.25, 0.3) is 6.08 Å². The van der Waals surface area contributed by atoms with Crippen LogP contribution in [0.4, 0.5) is 0 Å². The van der Waals surface area contributed by atoms with E-state index in [1.807, 2.05) is 66.7 Å². The van der Waals surface area contributed by atoms with E-state index in [0.29, 0.717) is 23.0 Å². The van der Waals surface area contributed by atoms with Crippen molar-refractivity contribution in [1.82, 2.24) is 0 Å². The van der Waals surface area contributed by atoms with E-state index in [1.165, 1.54) is 11.8 Å². The topological polar surface area (TPSA) is 35.5 Å². The first-order valence-corrected chi connectivity index (χ1v) is 11.2. The Morgan fingerprint density at radius 1 is 1.03 bits per heavy atom. The number of ketones is 1. The second kappa shape index (κ2) is 8.78. The number of allylic oxidation sites excluding steroid dienone is 1. The molecule has 4 rings (SSSR count). The zero-order valence-electron chi connectivity index (χ0n) is 15.4. The zero-order valence-corrected chi connectivity index (χ0v) is 19.4. The van der Waals surface area contributed by atoms with E-state index in [4.69, 9.17) is 9.47 Å². The summed E-state index contributed by atoms with van der Waals surface area (Å²) in [7, 11) is 1.61. The number of carbonyl (C=O) groups is 1. The van der Waals surface area contributed by atoms with E-state index in [0.717, 1.165) is 30.5 Å². The molecule has 1 heterocycles. The molecule has 0 saturated heterocycles. The van der Waals surface area contributed by atoms with E-state index in [1.54, 1.807) is 7.11 Å². The summed E-state index contributed by atoms with van der Waals surface area (Å²) in [4.78, 5) is 14.3. The lowest BCUT2D eigenvalue weighted by Crippen LogP contribution is -1.99.